The number of aryl methyl sites for hydroxylation is 1. The van der Waals surface area contributed by atoms with E-state index in [9.17, 15) is 0 Å². The Balaban J connectivity index is 2.28. The van der Waals surface area contributed by atoms with Crippen molar-refractivity contribution in [1.82, 2.24) is 4.98 Å². The highest BCUT2D eigenvalue weighted by Gasteiger charge is 2.16. The number of ether oxygens (including phenoxy) is 1. The highest BCUT2D eigenvalue weighted by atomic mass is 16.5. The number of aromatic nitrogens is 1. The van der Waals surface area contributed by atoms with Gasteiger partial charge in [-0.1, -0.05) is 18.2 Å². The fourth-order valence-electron chi connectivity index (χ4n) is 1.92. The van der Waals surface area contributed by atoms with Gasteiger partial charge in [-0.2, -0.15) is 0 Å². The van der Waals surface area contributed by atoms with Crippen molar-refractivity contribution < 1.29 is 4.74 Å². The molecule has 2 heteroatoms. The number of para-hydroxylation sites is 1. The van der Waals surface area contributed by atoms with E-state index in [0.717, 1.165) is 11.4 Å². The number of pyridine rings is 1. The lowest BCUT2D eigenvalue weighted by molar-refractivity contribution is 0.302. The van der Waals surface area contributed by atoms with Crippen LogP contribution in [0.2, 0.25) is 0 Å². The number of hydrogen-bond acceptors (Lipinski definition) is 2. The van der Waals surface area contributed by atoms with Crippen molar-refractivity contribution in [1.29, 1.82) is 0 Å². The van der Waals surface area contributed by atoms with Gasteiger partial charge in [-0.25, -0.2) is 0 Å². The average Bonchev–Trinajstić information content (AvgIpc) is 2.29. The van der Waals surface area contributed by atoms with E-state index in [2.05, 4.69) is 17.1 Å². The number of fused-ring (bicyclic) bond motifs is 3. The molecule has 1 aromatic carbocycles. The second kappa shape index (κ2) is 3.09. The summed E-state index contributed by atoms with van der Waals surface area (Å²) in [5.41, 5.74) is 4.64. The molecule has 2 aromatic rings. The van der Waals surface area contributed by atoms with Crippen molar-refractivity contribution in [3.63, 3.8) is 0 Å². The van der Waals surface area contributed by atoms with Crippen LogP contribution in [-0.2, 0) is 6.61 Å². The Kier molecular flexibility index (Phi) is 1.75. The molecule has 0 fully saturated rings. The van der Waals surface area contributed by atoms with Gasteiger partial charge in [0, 0.05) is 23.0 Å². The average molecular weight is 197 g/mol. The Bertz CT molecular complexity index is 520. The first-order valence-corrected chi connectivity index (χ1v) is 5.02. The molecule has 0 unspecified atom stereocenters. The summed E-state index contributed by atoms with van der Waals surface area (Å²) < 4.78 is 5.65. The molecule has 2 nitrogen and oxygen atoms in total. The first-order valence-electron chi connectivity index (χ1n) is 5.02. The van der Waals surface area contributed by atoms with Crippen LogP contribution < -0.4 is 4.74 Å². The smallest absolute Gasteiger partial charge is 0.127 e. The van der Waals surface area contributed by atoms with Crippen LogP contribution in [0, 0.1) is 6.92 Å². The van der Waals surface area contributed by atoms with E-state index in [1.165, 1.54) is 16.7 Å². The van der Waals surface area contributed by atoms with Crippen LogP contribution in [0.1, 0.15) is 11.3 Å². The van der Waals surface area contributed by atoms with Crippen LogP contribution in [0.25, 0.3) is 11.1 Å². The SMILES string of the molecule is Cc1cc2c(cn1)COc1ccccc1-2. The highest BCUT2D eigenvalue weighted by molar-refractivity contribution is 5.74. The van der Waals surface area contributed by atoms with E-state index in [1.807, 2.05) is 31.3 Å². The van der Waals surface area contributed by atoms with Gasteiger partial charge < -0.3 is 4.74 Å². The molecule has 1 aliphatic rings. The molecule has 0 saturated heterocycles. The maximum Gasteiger partial charge on any atom is 0.127 e. The van der Waals surface area contributed by atoms with Crippen LogP contribution in [-0.4, -0.2) is 4.98 Å². The topological polar surface area (TPSA) is 22.1 Å². The zero-order valence-corrected chi connectivity index (χ0v) is 8.53. The Labute approximate surface area is 88.5 Å². The fourth-order valence-corrected chi connectivity index (χ4v) is 1.92. The predicted octanol–water partition coefficient (Wildman–Crippen LogP) is 2.95. The van der Waals surface area contributed by atoms with Gasteiger partial charge in [-0.3, -0.25) is 4.98 Å². The Morgan fingerprint density at radius 3 is 3.00 bits per heavy atom. The molecule has 0 atom stereocenters. The molecule has 74 valence electrons. The van der Waals surface area contributed by atoms with E-state index in [-0.39, 0.29) is 0 Å². The molecule has 15 heavy (non-hydrogen) atoms. The van der Waals surface area contributed by atoms with Gasteiger partial charge in [0.25, 0.3) is 0 Å². The van der Waals surface area contributed by atoms with Crippen LogP contribution in [0.4, 0.5) is 0 Å². The summed E-state index contributed by atoms with van der Waals surface area (Å²) in [6, 6.07) is 10.3. The molecule has 0 amide bonds. The summed E-state index contributed by atoms with van der Waals surface area (Å²) in [6.07, 6.45) is 1.90. The van der Waals surface area contributed by atoms with Crippen molar-refractivity contribution in [3.05, 3.63) is 47.8 Å². The quantitative estimate of drug-likeness (QED) is 0.647. The van der Waals surface area contributed by atoms with Crippen molar-refractivity contribution in [3.8, 4) is 16.9 Å². The van der Waals surface area contributed by atoms with E-state index in [1.54, 1.807) is 0 Å². The van der Waals surface area contributed by atoms with Gasteiger partial charge in [-0.15, -0.1) is 0 Å². The monoisotopic (exact) mass is 197 g/mol. The molecule has 3 rings (SSSR count). The maximum atomic E-state index is 5.65. The first-order chi connectivity index (χ1) is 7.34. The lowest BCUT2D eigenvalue weighted by atomic mass is 9.98. The third-order valence-electron chi connectivity index (χ3n) is 2.68. The molecular weight excluding hydrogens is 186 g/mol. The van der Waals surface area contributed by atoms with E-state index in [4.69, 9.17) is 4.74 Å². The minimum Gasteiger partial charge on any atom is -0.488 e. The van der Waals surface area contributed by atoms with Gasteiger partial charge >= 0.3 is 0 Å². The molecule has 1 aromatic heterocycles. The summed E-state index contributed by atoms with van der Waals surface area (Å²) in [5, 5.41) is 0. The third-order valence-corrected chi connectivity index (χ3v) is 2.68. The Morgan fingerprint density at radius 1 is 1.20 bits per heavy atom. The van der Waals surface area contributed by atoms with Crippen molar-refractivity contribution in [2.45, 2.75) is 13.5 Å². The molecule has 0 spiro atoms. The van der Waals surface area contributed by atoms with Crippen LogP contribution in [0.5, 0.6) is 5.75 Å². The zero-order chi connectivity index (χ0) is 10.3. The highest BCUT2D eigenvalue weighted by Crippen LogP contribution is 2.36. The molecule has 0 saturated carbocycles. The lowest BCUT2D eigenvalue weighted by Gasteiger charge is -2.20. The second-order valence-corrected chi connectivity index (χ2v) is 3.77. The number of benzene rings is 1. The van der Waals surface area contributed by atoms with Crippen LogP contribution in [0.3, 0.4) is 0 Å². The normalized spacial score (nSPS) is 12.6. The predicted molar refractivity (Wildman–Crippen MR) is 58.7 cm³/mol. The second-order valence-electron chi connectivity index (χ2n) is 3.77. The molecule has 0 bridgehead atoms. The molecule has 0 aliphatic carbocycles. The minimum atomic E-state index is 0.625. The van der Waals surface area contributed by atoms with Crippen molar-refractivity contribution >= 4 is 0 Å². The van der Waals surface area contributed by atoms with Crippen LogP contribution >= 0.6 is 0 Å². The third kappa shape index (κ3) is 1.30. The Morgan fingerprint density at radius 2 is 2.07 bits per heavy atom. The van der Waals surface area contributed by atoms with Gasteiger partial charge in [0.1, 0.15) is 12.4 Å². The molecule has 0 N–H and O–H groups in total. The first kappa shape index (κ1) is 8.48. The maximum absolute atomic E-state index is 5.65. The minimum absolute atomic E-state index is 0.625. The van der Waals surface area contributed by atoms with E-state index < -0.39 is 0 Å². The summed E-state index contributed by atoms with van der Waals surface area (Å²) >= 11 is 0. The fraction of sp³-hybridized carbons (Fsp3) is 0.154. The zero-order valence-electron chi connectivity index (χ0n) is 8.53. The standard InChI is InChI=1S/C13H11NO/c1-9-6-12-10(7-14-9)8-15-13-5-3-2-4-11(12)13/h2-7H,8H2,1H3. The summed E-state index contributed by atoms with van der Waals surface area (Å²) in [4.78, 5) is 4.29. The molecule has 0 radical (unpaired) electrons. The molecule has 1 aliphatic heterocycles. The van der Waals surface area contributed by atoms with Gasteiger partial charge in [0.05, 0.1) is 0 Å². The van der Waals surface area contributed by atoms with E-state index in [0.29, 0.717) is 6.61 Å². The number of rotatable bonds is 0. The summed E-state index contributed by atoms with van der Waals surface area (Å²) in [5.74, 6) is 0.968. The van der Waals surface area contributed by atoms with Crippen molar-refractivity contribution in [2.24, 2.45) is 0 Å². The molecular formula is C13H11NO. The van der Waals surface area contributed by atoms with Crippen molar-refractivity contribution in [2.75, 3.05) is 0 Å². The van der Waals surface area contributed by atoms with Gasteiger partial charge in [0.2, 0.25) is 0 Å². The lowest BCUT2D eigenvalue weighted by Crippen LogP contribution is -2.06. The number of nitrogens with zero attached hydrogens (tertiary/aromatic N) is 1. The summed E-state index contributed by atoms with van der Waals surface area (Å²) in [7, 11) is 0. The van der Waals surface area contributed by atoms with E-state index >= 15 is 0 Å². The number of hydrogen-bond donors (Lipinski definition) is 0. The van der Waals surface area contributed by atoms with Crippen LogP contribution in [0.15, 0.2) is 36.5 Å². The Hall–Kier alpha value is -1.83. The largest absolute Gasteiger partial charge is 0.488 e. The summed E-state index contributed by atoms with van der Waals surface area (Å²) in [6.45, 7) is 2.64. The van der Waals surface area contributed by atoms with Gasteiger partial charge in [-0.05, 0) is 24.6 Å². The van der Waals surface area contributed by atoms with Gasteiger partial charge in [0.15, 0.2) is 0 Å². The molecule has 2 heterocycles.